The van der Waals surface area contributed by atoms with Gasteiger partial charge in [0.15, 0.2) is 5.92 Å². The second-order valence-electron chi connectivity index (χ2n) is 3.65. The smallest absolute Gasteiger partial charge is 0.320 e. The minimum atomic E-state index is -0.903. The summed E-state index contributed by atoms with van der Waals surface area (Å²) in [6.45, 7) is 0. The summed E-state index contributed by atoms with van der Waals surface area (Å²) >= 11 is 0. The number of rotatable bonds is 5. The molecule has 1 aromatic rings. The van der Waals surface area contributed by atoms with Crippen molar-refractivity contribution < 1.29 is 19.1 Å². The van der Waals surface area contributed by atoms with Crippen molar-refractivity contribution in [3.63, 3.8) is 0 Å². The van der Waals surface area contributed by atoms with Gasteiger partial charge in [-0.25, -0.2) is 0 Å². The fraction of sp³-hybridized carbons (Fsp3) is 0.286. The van der Waals surface area contributed by atoms with Gasteiger partial charge in [-0.2, -0.15) is 0 Å². The summed E-state index contributed by atoms with van der Waals surface area (Å²) in [6.07, 6.45) is 3.86. The highest BCUT2D eigenvalue weighted by atomic mass is 16.5. The standard InChI is InChI=1S/C14H16O4/c1-17-13(15)12(14(16)18-2)10-6-9-11-7-4-3-5-8-11/h3-9,12H,10H2,1-2H3/b9-6-. The van der Waals surface area contributed by atoms with Crippen molar-refractivity contribution >= 4 is 18.0 Å². The number of hydrogen-bond donors (Lipinski definition) is 0. The number of methoxy groups -OCH3 is 2. The molecule has 0 aliphatic heterocycles. The first-order chi connectivity index (χ1) is 8.69. The maximum atomic E-state index is 11.4. The Morgan fingerprint density at radius 3 is 2.17 bits per heavy atom. The lowest BCUT2D eigenvalue weighted by Crippen LogP contribution is -2.25. The van der Waals surface area contributed by atoms with Crippen LogP contribution in [0.2, 0.25) is 0 Å². The Labute approximate surface area is 106 Å². The molecule has 1 rings (SSSR count). The molecule has 1 aromatic carbocycles. The van der Waals surface area contributed by atoms with Crippen LogP contribution in [0, 0.1) is 5.92 Å². The molecular weight excluding hydrogens is 232 g/mol. The molecule has 4 nitrogen and oxygen atoms in total. The van der Waals surface area contributed by atoms with Crippen LogP contribution in [0.1, 0.15) is 12.0 Å². The van der Waals surface area contributed by atoms with Gasteiger partial charge in [-0.3, -0.25) is 9.59 Å². The summed E-state index contributed by atoms with van der Waals surface area (Å²) in [7, 11) is 2.50. The number of benzene rings is 1. The van der Waals surface area contributed by atoms with Gasteiger partial charge in [-0.1, -0.05) is 42.5 Å². The molecule has 0 fully saturated rings. The number of ether oxygens (including phenoxy) is 2. The number of carbonyl (C=O) groups excluding carboxylic acids is 2. The van der Waals surface area contributed by atoms with E-state index in [1.807, 2.05) is 36.4 Å². The zero-order chi connectivity index (χ0) is 13.4. The van der Waals surface area contributed by atoms with E-state index >= 15 is 0 Å². The summed E-state index contributed by atoms with van der Waals surface area (Å²) in [5, 5.41) is 0. The fourth-order valence-electron chi connectivity index (χ4n) is 1.48. The molecule has 0 aromatic heterocycles. The molecule has 0 amide bonds. The number of esters is 2. The topological polar surface area (TPSA) is 52.6 Å². The Kier molecular flexibility index (Phi) is 5.64. The van der Waals surface area contributed by atoms with E-state index in [1.165, 1.54) is 14.2 Å². The Morgan fingerprint density at radius 2 is 1.67 bits per heavy atom. The van der Waals surface area contributed by atoms with Gasteiger partial charge < -0.3 is 9.47 Å². The lowest BCUT2D eigenvalue weighted by Gasteiger charge is -2.09. The van der Waals surface area contributed by atoms with Gasteiger partial charge in [-0.15, -0.1) is 0 Å². The quantitative estimate of drug-likeness (QED) is 0.591. The second-order valence-corrected chi connectivity index (χ2v) is 3.65. The first kappa shape index (κ1) is 14.0. The fourth-order valence-corrected chi connectivity index (χ4v) is 1.48. The monoisotopic (exact) mass is 248 g/mol. The Hall–Kier alpha value is -2.10. The summed E-state index contributed by atoms with van der Waals surface area (Å²) in [5.74, 6) is -2.07. The van der Waals surface area contributed by atoms with E-state index in [4.69, 9.17) is 0 Å². The molecule has 0 radical (unpaired) electrons. The van der Waals surface area contributed by atoms with Crippen LogP contribution in [0.5, 0.6) is 0 Å². The first-order valence-electron chi connectivity index (χ1n) is 5.56. The van der Waals surface area contributed by atoms with Crippen molar-refractivity contribution in [1.29, 1.82) is 0 Å². The number of carbonyl (C=O) groups is 2. The predicted molar refractivity (Wildman–Crippen MR) is 67.6 cm³/mol. The molecule has 0 aliphatic carbocycles. The van der Waals surface area contributed by atoms with Gasteiger partial charge in [0.2, 0.25) is 0 Å². The first-order valence-corrected chi connectivity index (χ1v) is 5.56. The molecule has 18 heavy (non-hydrogen) atoms. The summed E-state index contributed by atoms with van der Waals surface area (Å²) in [5.41, 5.74) is 1.01. The van der Waals surface area contributed by atoms with Crippen molar-refractivity contribution in [3.8, 4) is 0 Å². The number of hydrogen-bond acceptors (Lipinski definition) is 4. The van der Waals surface area contributed by atoms with E-state index < -0.39 is 17.9 Å². The van der Waals surface area contributed by atoms with Gasteiger partial charge >= 0.3 is 11.9 Å². The Balaban J connectivity index is 2.65. The molecule has 0 atom stereocenters. The largest absolute Gasteiger partial charge is 0.468 e. The maximum Gasteiger partial charge on any atom is 0.320 e. The minimum absolute atomic E-state index is 0.258. The van der Waals surface area contributed by atoms with E-state index in [0.29, 0.717) is 0 Å². The van der Waals surface area contributed by atoms with Gasteiger partial charge in [0.25, 0.3) is 0 Å². The van der Waals surface area contributed by atoms with Crippen LogP contribution in [0.15, 0.2) is 36.4 Å². The Bertz CT molecular complexity index is 407. The van der Waals surface area contributed by atoms with Gasteiger partial charge in [0.1, 0.15) is 0 Å². The van der Waals surface area contributed by atoms with Gasteiger partial charge in [0.05, 0.1) is 14.2 Å². The lowest BCUT2D eigenvalue weighted by molar-refractivity contribution is -0.158. The van der Waals surface area contributed by atoms with Crippen molar-refractivity contribution in [2.45, 2.75) is 6.42 Å². The summed E-state index contributed by atoms with van der Waals surface area (Å²) in [4.78, 5) is 22.8. The van der Waals surface area contributed by atoms with Crippen LogP contribution in [-0.2, 0) is 19.1 Å². The van der Waals surface area contributed by atoms with E-state index in [1.54, 1.807) is 6.08 Å². The maximum absolute atomic E-state index is 11.4. The highest BCUT2D eigenvalue weighted by Gasteiger charge is 2.26. The van der Waals surface area contributed by atoms with E-state index in [0.717, 1.165) is 5.56 Å². The molecule has 96 valence electrons. The Morgan fingerprint density at radius 1 is 1.11 bits per heavy atom. The van der Waals surface area contributed by atoms with E-state index in [2.05, 4.69) is 9.47 Å². The van der Waals surface area contributed by atoms with Crippen LogP contribution in [0.4, 0.5) is 0 Å². The molecule has 0 unspecified atom stereocenters. The summed E-state index contributed by atoms with van der Waals surface area (Å²) in [6, 6.07) is 9.61. The van der Waals surface area contributed by atoms with E-state index in [9.17, 15) is 9.59 Å². The molecule has 0 saturated heterocycles. The highest BCUT2D eigenvalue weighted by molar-refractivity contribution is 5.95. The second kappa shape index (κ2) is 7.27. The molecule has 0 saturated carbocycles. The van der Waals surface area contributed by atoms with Crippen molar-refractivity contribution in [1.82, 2.24) is 0 Å². The average molecular weight is 248 g/mol. The van der Waals surface area contributed by atoms with Crippen molar-refractivity contribution in [2.24, 2.45) is 5.92 Å². The van der Waals surface area contributed by atoms with Crippen LogP contribution in [-0.4, -0.2) is 26.2 Å². The highest BCUT2D eigenvalue weighted by Crippen LogP contribution is 2.11. The van der Waals surface area contributed by atoms with Crippen molar-refractivity contribution in [2.75, 3.05) is 14.2 Å². The molecule has 0 N–H and O–H groups in total. The zero-order valence-corrected chi connectivity index (χ0v) is 10.5. The average Bonchev–Trinajstić information content (AvgIpc) is 2.43. The molecule has 0 bridgehead atoms. The molecule has 4 heteroatoms. The van der Waals surface area contributed by atoms with E-state index in [-0.39, 0.29) is 6.42 Å². The third-order valence-electron chi connectivity index (χ3n) is 2.45. The van der Waals surface area contributed by atoms with Gasteiger partial charge in [0, 0.05) is 0 Å². The molecular formula is C14H16O4. The predicted octanol–water partition coefficient (Wildman–Crippen LogP) is 2.05. The van der Waals surface area contributed by atoms with Crippen molar-refractivity contribution in [3.05, 3.63) is 42.0 Å². The van der Waals surface area contributed by atoms with Crippen LogP contribution >= 0.6 is 0 Å². The van der Waals surface area contributed by atoms with Crippen LogP contribution in [0.25, 0.3) is 6.08 Å². The lowest BCUT2D eigenvalue weighted by atomic mass is 10.0. The molecule has 0 heterocycles. The summed E-state index contributed by atoms with van der Waals surface area (Å²) < 4.78 is 9.13. The normalized spacial score (nSPS) is 10.6. The third-order valence-corrected chi connectivity index (χ3v) is 2.45. The third kappa shape index (κ3) is 4.05. The molecule has 0 spiro atoms. The van der Waals surface area contributed by atoms with Crippen LogP contribution in [0.3, 0.4) is 0 Å². The zero-order valence-electron chi connectivity index (χ0n) is 10.5. The number of allylic oxidation sites excluding steroid dienone is 1. The van der Waals surface area contributed by atoms with Gasteiger partial charge in [-0.05, 0) is 12.0 Å². The molecule has 0 aliphatic rings. The SMILES string of the molecule is COC(=O)C(C/C=C\c1ccccc1)C(=O)OC. The minimum Gasteiger partial charge on any atom is -0.468 e. The van der Waals surface area contributed by atoms with Crippen LogP contribution < -0.4 is 0 Å².